The number of benzene rings is 2. The molecule has 1 amide bonds. The number of hydrogen-bond acceptors (Lipinski definition) is 5. The van der Waals surface area contributed by atoms with Gasteiger partial charge in [0, 0.05) is 8.59 Å². The smallest absolute Gasteiger partial charge is 0.283 e. The summed E-state index contributed by atoms with van der Waals surface area (Å²) in [4.78, 5) is 21.5. The normalized spacial score (nSPS) is 11.6. The molecule has 158 valence electrons. The lowest BCUT2D eigenvalue weighted by molar-refractivity contribution is 0.0977. The van der Waals surface area contributed by atoms with Gasteiger partial charge in [0.05, 0.1) is 11.4 Å². The minimum absolute atomic E-state index is 0.00124. The van der Waals surface area contributed by atoms with Crippen molar-refractivity contribution in [2.24, 2.45) is 0 Å². The zero-order valence-electron chi connectivity index (χ0n) is 16.2. The van der Waals surface area contributed by atoms with Gasteiger partial charge in [-0.15, -0.1) is 0 Å². The van der Waals surface area contributed by atoms with Crippen molar-refractivity contribution >= 4 is 61.3 Å². The van der Waals surface area contributed by atoms with E-state index < -0.39 is 15.9 Å². The molecule has 4 rings (SSSR count). The Morgan fingerprint density at radius 3 is 2.55 bits per heavy atom. The lowest BCUT2D eigenvalue weighted by Crippen LogP contribution is -2.31. The Labute approximate surface area is 197 Å². The van der Waals surface area contributed by atoms with Gasteiger partial charge in [-0.1, -0.05) is 35.9 Å². The van der Waals surface area contributed by atoms with Crippen molar-refractivity contribution in [1.29, 1.82) is 0 Å². The average Bonchev–Trinajstić information content (AvgIpc) is 3.04. The molecule has 0 saturated carbocycles. The van der Waals surface area contributed by atoms with E-state index in [1.54, 1.807) is 24.3 Å². The lowest BCUT2D eigenvalue weighted by atomic mass is 10.2. The van der Waals surface area contributed by atoms with E-state index >= 15 is 0 Å². The number of carbonyl (C=O) groups is 1. The molecule has 0 radical (unpaired) electrons. The van der Waals surface area contributed by atoms with E-state index in [4.69, 9.17) is 11.6 Å². The molecule has 7 nitrogen and oxygen atoms in total. The number of nitrogens with one attached hydrogen (secondary N) is 1. The van der Waals surface area contributed by atoms with Gasteiger partial charge in [-0.05, 0) is 71.5 Å². The van der Waals surface area contributed by atoms with E-state index in [-0.39, 0.29) is 10.6 Å². The van der Waals surface area contributed by atoms with Crippen LogP contribution in [0.4, 0.5) is 0 Å². The molecule has 0 aliphatic carbocycles. The number of amides is 1. The second-order valence-electron chi connectivity index (χ2n) is 6.77. The Bertz CT molecular complexity index is 1410. The number of pyridine rings is 1. The highest BCUT2D eigenvalue weighted by Gasteiger charge is 2.21. The maximum Gasteiger partial charge on any atom is 0.283 e. The van der Waals surface area contributed by atoms with Crippen molar-refractivity contribution in [3.8, 4) is 0 Å². The SMILES string of the molecule is Cc1nc2ccc(C(=O)NS(=O)(=O)c3ccccc3)nc2n1Cc1ccc(I)cc1Cl. The third-order valence-corrected chi connectivity index (χ3v) is 7.01. The molecule has 31 heavy (non-hydrogen) atoms. The first-order valence-corrected chi connectivity index (χ1v) is 12.1. The summed E-state index contributed by atoms with van der Waals surface area (Å²) in [6, 6.07) is 16.5. The summed E-state index contributed by atoms with van der Waals surface area (Å²) in [6.45, 7) is 2.25. The largest absolute Gasteiger partial charge is 0.308 e. The molecule has 2 heterocycles. The molecular weight excluding hydrogens is 551 g/mol. The molecule has 0 fully saturated rings. The fourth-order valence-electron chi connectivity index (χ4n) is 3.08. The number of sulfonamides is 1. The summed E-state index contributed by atoms with van der Waals surface area (Å²) >= 11 is 8.56. The quantitative estimate of drug-likeness (QED) is 0.366. The Morgan fingerprint density at radius 1 is 1.10 bits per heavy atom. The Hall–Kier alpha value is -2.50. The van der Waals surface area contributed by atoms with Crippen molar-refractivity contribution in [2.75, 3.05) is 0 Å². The van der Waals surface area contributed by atoms with Crippen molar-refractivity contribution < 1.29 is 13.2 Å². The van der Waals surface area contributed by atoms with Gasteiger partial charge < -0.3 is 4.57 Å². The van der Waals surface area contributed by atoms with Crippen LogP contribution in [0.5, 0.6) is 0 Å². The molecule has 4 aromatic rings. The van der Waals surface area contributed by atoms with Crippen LogP contribution in [-0.4, -0.2) is 28.9 Å². The standard InChI is InChI=1S/C21H16ClIN4O3S/c1-13-24-18-9-10-19(21(28)26-31(29,30)16-5-3-2-4-6-16)25-20(18)27(13)12-14-7-8-15(23)11-17(14)22/h2-11H,12H2,1H3,(H,26,28). The van der Waals surface area contributed by atoms with Gasteiger partial charge in [0.2, 0.25) is 0 Å². The van der Waals surface area contributed by atoms with E-state index in [0.29, 0.717) is 28.6 Å². The van der Waals surface area contributed by atoms with E-state index in [0.717, 1.165) is 9.13 Å². The van der Waals surface area contributed by atoms with Crippen LogP contribution in [0.25, 0.3) is 11.2 Å². The zero-order valence-corrected chi connectivity index (χ0v) is 19.9. The van der Waals surface area contributed by atoms with Gasteiger partial charge in [-0.3, -0.25) is 4.79 Å². The number of rotatable bonds is 5. The van der Waals surface area contributed by atoms with Gasteiger partial charge in [-0.25, -0.2) is 23.1 Å². The van der Waals surface area contributed by atoms with Crippen LogP contribution in [0.1, 0.15) is 21.9 Å². The topological polar surface area (TPSA) is 93.9 Å². The van der Waals surface area contributed by atoms with Crippen molar-refractivity contribution in [3.63, 3.8) is 0 Å². The molecule has 10 heteroatoms. The predicted octanol–water partition coefficient (Wildman–Crippen LogP) is 4.16. The summed E-state index contributed by atoms with van der Waals surface area (Å²) in [7, 11) is -4.00. The van der Waals surface area contributed by atoms with E-state index in [1.165, 1.54) is 18.2 Å². The van der Waals surface area contributed by atoms with Gasteiger partial charge in [-0.2, -0.15) is 0 Å². The second-order valence-corrected chi connectivity index (χ2v) is 10.1. The second kappa shape index (κ2) is 8.56. The first kappa shape index (κ1) is 21.7. The highest BCUT2D eigenvalue weighted by Crippen LogP contribution is 2.23. The van der Waals surface area contributed by atoms with E-state index in [1.807, 2.05) is 29.7 Å². The molecule has 0 atom stereocenters. The predicted molar refractivity (Wildman–Crippen MR) is 127 cm³/mol. The third-order valence-electron chi connectivity index (χ3n) is 4.64. The molecule has 2 aromatic heterocycles. The Kier molecular flexibility index (Phi) is 6.00. The highest BCUT2D eigenvalue weighted by atomic mass is 127. The van der Waals surface area contributed by atoms with Crippen LogP contribution in [0, 0.1) is 10.5 Å². The maximum atomic E-state index is 12.6. The van der Waals surface area contributed by atoms with E-state index in [2.05, 4.69) is 37.3 Å². The molecule has 1 N–H and O–H groups in total. The van der Waals surface area contributed by atoms with Crippen molar-refractivity contribution in [3.05, 3.63) is 86.3 Å². The Balaban J connectivity index is 1.67. The zero-order chi connectivity index (χ0) is 22.2. The number of halogens is 2. The van der Waals surface area contributed by atoms with Crippen LogP contribution in [0.3, 0.4) is 0 Å². The number of hydrogen-bond donors (Lipinski definition) is 1. The lowest BCUT2D eigenvalue weighted by Gasteiger charge is -2.10. The molecule has 0 aliphatic heterocycles. The van der Waals surface area contributed by atoms with Crippen molar-refractivity contribution in [1.82, 2.24) is 19.3 Å². The summed E-state index contributed by atoms with van der Waals surface area (Å²) in [5.41, 5.74) is 1.92. The van der Waals surface area contributed by atoms with Gasteiger partial charge in [0.25, 0.3) is 15.9 Å². The van der Waals surface area contributed by atoms with Crippen LogP contribution in [0.2, 0.25) is 5.02 Å². The van der Waals surface area contributed by atoms with Crippen LogP contribution in [0.15, 0.2) is 65.6 Å². The fourth-order valence-corrected chi connectivity index (χ4v) is 4.98. The van der Waals surface area contributed by atoms with Crippen LogP contribution < -0.4 is 4.72 Å². The highest BCUT2D eigenvalue weighted by molar-refractivity contribution is 14.1. The molecule has 0 aliphatic rings. The van der Waals surface area contributed by atoms with Gasteiger partial charge >= 0.3 is 0 Å². The third kappa shape index (κ3) is 4.58. The number of nitrogens with zero attached hydrogens (tertiary/aromatic N) is 3. The molecule has 0 unspecified atom stereocenters. The molecule has 2 aromatic carbocycles. The molecular formula is C21H16ClIN4O3S. The first-order chi connectivity index (χ1) is 14.7. The number of fused-ring (bicyclic) bond motifs is 1. The number of carbonyl (C=O) groups excluding carboxylic acids is 1. The summed E-state index contributed by atoms with van der Waals surface area (Å²) < 4.78 is 29.9. The monoisotopic (exact) mass is 566 g/mol. The van der Waals surface area contributed by atoms with Crippen LogP contribution >= 0.6 is 34.2 Å². The number of imidazole rings is 1. The van der Waals surface area contributed by atoms with Gasteiger partial charge in [0.1, 0.15) is 17.0 Å². The first-order valence-electron chi connectivity index (χ1n) is 9.14. The summed E-state index contributed by atoms with van der Waals surface area (Å²) in [5, 5.41) is 0.621. The minimum atomic E-state index is -4.00. The summed E-state index contributed by atoms with van der Waals surface area (Å²) in [6.07, 6.45) is 0. The summed E-state index contributed by atoms with van der Waals surface area (Å²) in [5.74, 6) is -0.116. The number of aryl methyl sites for hydroxylation is 1. The number of aromatic nitrogens is 3. The van der Waals surface area contributed by atoms with E-state index in [9.17, 15) is 13.2 Å². The Morgan fingerprint density at radius 2 is 1.84 bits per heavy atom. The fraction of sp³-hybridized carbons (Fsp3) is 0.0952. The minimum Gasteiger partial charge on any atom is -0.308 e. The molecule has 0 spiro atoms. The van der Waals surface area contributed by atoms with Gasteiger partial charge in [0.15, 0.2) is 5.65 Å². The molecule has 0 saturated heterocycles. The maximum absolute atomic E-state index is 12.6. The average molecular weight is 567 g/mol. The van der Waals surface area contributed by atoms with Crippen LogP contribution in [-0.2, 0) is 16.6 Å². The van der Waals surface area contributed by atoms with Crippen molar-refractivity contribution in [2.45, 2.75) is 18.4 Å². The molecule has 0 bridgehead atoms.